The number of phenolic OH excluding ortho intramolecular Hbond substituents is 1. The Hall–Kier alpha value is -5.74. The molecule has 0 aromatic heterocycles. The Labute approximate surface area is 322 Å². The van der Waals surface area contributed by atoms with Crippen LogP contribution >= 0.6 is 0 Å². The summed E-state index contributed by atoms with van der Waals surface area (Å²) in [5.41, 5.74) is 7.98. The molecule has 55 heavy (non-hydrogen) atoms. The molecule has 1 atom stereocenters. The molecule has 0 aliphatic carbocycles. The van der Waals surface area contributed by atoms with Crippen molar-refractivity contribution in [1.29, 1.82) is 0 Å². The van der Waals surface area contributed by atoms with E-state index in [1.165, 1.54) is 16.0 Å². The monoisotopic (exact) mass is 740 g/mol. The Morgan fingerprint density at radius 2 is 1.58 bits per heavy atom. The van der Waals surface area contributed by atoms with Crippen molar-refractivity contribution in [2.75, 3.05) is 26.2 Å². The Morgan fingerprint density at radius 1 is 0.873 bits per heavy atom. The number of carbonyl (C=O) groups is 4. The lowest BCUT2D eigenvalue weighted by molar-refractivity contribution is -0.137. The van der Waals surface area contributed by atoms with Crippen LogP contribution in [0, 0.1) is 5.92 Å². The van der Waals surface area contributed by atoms with Gasteiger partial charge in [0, 0.05) is 38.0 Å². The number of imide groups is 1. The van der Waals surface area contributed by atoms with Crippen molar-refractivity contribution in [1.82, 2.24) is 20.4 Å². The number of piperidine rings is 2. The van der Waals surface area contributed by atoms with Crippen molar-refractivity contribution in [3.63, 3.8) is 0 Å². The SMILES string of the molecule is CC/C(=C(\c1ccc(O)cc1)c1ccc(OCCN2CCC(CC(=O)NCc3ccc4c(c3)CN(C3CCC(=O)NC3=O)C4=O)CC2)cc1)c1ccccc1. The van der Waals surface area contributed by atoms with Crippen molar-refractivity contribution in [2.45, 2.75) is 64.6 Å². The van der Waals surface area contributed by atoms with Crippen LogP contribution in [0.15, 0.2) is 97.1 Å². The van der Waals surface area contributed by atoms with E-state index in [1.807, 2.05) is 42.5 Å². The number of aromatic hydroxyl groups is 1. The fourth-order valence-corrected chi connectivity index (χ4v) is 8.01. The number of benzene rings is 4. The number of phenols is 1. The zero-order valence-electron chi connectivity index (χ0n) is 31.3. The minimum absolute atomic E-state index is 0.0187. The first-order chi connectivity index (χ1) is 26.7. The van der Waals surface area contributed by atoms with Crippen molar-refractivity contribution >= 4 is 34.8 Å². The fourth-order valence-electron chi connectivity index (χ4n) is 8.01. The third-order valence-corrected chi connectivity index (χ3v) is 11.0. The lowest BCUT2D eigenvalue weighted by atomic mass is 9.88. The number of nitrogens with one attached hydrogen (secondary N) is 2. The molecular weight excluding hydrogens is 693 g/mol. The normalized spacial score (nSPS) is 18.1. The average molecular weight is 741 g/mol. The number of rotatable bonds is 13. The number of hydrogen-bond donors (Lipinski definition) is 3. The summed E-state index contributed by atoms with van der Waals surface area (Å²) in [5.74, 6) is 0.469. The van der Waals surface area contributed by atoms with Gasteiger partial charge in [0.15, 0.2) is 0 Å². The number of amides is 4. The standard InChI is InChI=1S/C45H48N4O6/c1-2-38(32-6-4-3-5-7-32)43(33-9-13-36(50)14-10-33)34-11-15-37(16-12-34)55-25-24-48-22-20-30(21-23-48)27-42(52)46-28-31-8-17-39-35(26-31)29-49(45(39)54)40-18-19-41(51)47-44(40)53/h3-17,26,30,40,50H,2,18-25,27-29H2,1H3,(H,46,52)(H,47,51,53)/b43-38-. The van der Waals surface area contributed by atoms with Gasteiger partial charge in [-0.25, -0.2) is 0 Å². The molecule has 0 radical (unpaired) electrons. The van der Waals surface area contributed by atoms with Gasteiger partial charge in [0.25, 0.3) is 5.91 Å². The van der Waals surface area contributed by atoms with Crippen LogP contribution < -0.4 is 15.4 Å². The van der Waals surface area contributed by atoms with Gasteiger partial charge in [0.05, 0.1) is 0 Å². The van der Waals surface area contributed by atoms with Gasteiger partial charge in [-0.1, -0.05) is 73.7 Å². The maximum atomic E-state index is 13.0. The number of allylic oxidation sites excluding steroid dienone is 1. The Morgan fingerprint density at radius 3 is 2.27 bits per heavy atom. The minimum atomic E-state index is -0.646. The van der Waals surface area contributed by atoms with Gasteiger partial charge in [-0.2, -0.15) is 0 Å². The van der Waals surface area contributed by atoms with Gasteiger partial charge < -0.3 is 20.1 Å². The quantitative estimate of drug-likeness (QED) is 0.108. The highest BCUT2D eigenvalue weighted by atomic mass is 16.5. The second-order valence-electron chi connectivity index (χ2n) is 14.7. The Balaban J connectivity index is 0.852. The van der Waals surface area contributed by atoms with Crippen molar-refractivity contribution < 1.29 is 29.0 Å². The van der Waals surface area contributed by atoms with Crippen molar-refractivity contribution in [3.05, 3.63) is 130 Å². The smallest absolute Gasteiger partial charge is 0.255 e. The summed E-state index contributed by atoms with van der Waals surface area (Å²) in [4.78, 5) is 53.7. The topological polar surface area (TPSA) is 128 Å². The largest absolute Gasteiger partial charge is 0.508 e. The van der Waals surface area contributed by atoms with Gasteiger partial charge in [0.2, 0.25) is 17.7 Å². The van der Waals surface area contributed by atoms with Crippen LogP contribution in [0.25, 0.3) is 11.1 Å². The molecule has 3 N–H and O–H groups in total. The maximum Gasteiger partial charge on any atom is 0.255 e. The molecule has 7 rings (SSSR count). The second kappa shape index (κ2) is 17.2. The predicted octanol–water partition coefficient (Wildman–Crippen LogP) is 6.32. The first-order valence-corrected chi connectivity index (χ1v) is 19.3. The third kappa shape index (κ3) is 8.98. The van der Waals surface area contributed by atoms with E-state index in [4.69, 9.17) is 4.74 Å². The van der Waals surface area contributed by atoms with E-state index < -0.39 is 11.9 Å². The first-order valence-electron chi connectivity index (χ1n) is 19.3. The van der Waals surface area contributed by atoms with Gasteiger partial charge in [-0.15, -0.1) is 0 Å². The summed E-state index contributed by atoms with van der Waals surface area (Å²) in [6, 6.07) is 31.0. The highest BCUT2D eigenvalue weighted by Crippen LogP contribution is 2.36. The molecule has 4 aromatic carbocycles. The van der Waals surface area contributed by atoms with Crippen LogP contribution in [0.5, 0.6) is 11.5 Å². The van der Waals surface area contributed by atoms with Crippen LogP contribution in [0.1, 0.15) is 83.6 Å². The molecule has 2 saturated heterocycles. The molecule has 2 fully saturated rings. The third-order valence-electron chi connectivity index (χ3n) is 11.0. The molecule has 4 aromatic rings. The number of carbonyl (C=O) groups excluding carboxylic acids is 4. The summed E-state index contributed by atoms with van der Waals surface area (Å²) >= 11 is 0. The van der Waals surface area contributed by atoms with E-state index in [-0.39, 0.29) is 29.9 Å². The molecule has 0 saturated carbocycles. The van der Waals surface area contributed by atoms with E-state index in [1.54, 1.807) is 18.2 Å². The lowest BCUT2D eigenvalue weighted by Crippen LogP contribution is -2.52. The lowest BCUT2D eigenvalue weighted by Gasteiger charge is -2.31. The zero-order chi connectivity index (χ0) is 38.3. The van der Waals surface area contributed by atoms with Gasteiger partial charge in [0.1, 0.15) is 24.1 Å². The van der Waals surface area contributed by atoms with Crippen molar-refractivity contribution in [2.24, 2.45) is 5.92 Å². The molecule has 10 nitrogen and oxygen atoms in total. The van der Waals surface area contributed by atoms with Crippen LogP contribution in [0.4, 0.5) is 0 Å². The van der Waals surface area contributed by atoms with Crippen LogP contribution in [0.3, 0.4) is 0 Å². The molecule has 284 valence electrons. The summed E-state index contributed by atoms with van der Waals surface area (Å²) in [6.45, 7) is 6.08. The van der Waals surface area contributed by atoms with Crippen LogP contribution in [-0.4, -0.2) is 70.8 Å². The molecular formula is C45H48N4O6. The van der Waals surface area contributed by atoms with E-state index in [9.17, 15) is 24.3 Å². The Kier molecular flexibility index (Phi) is 11.7. The molecule has 3 aliphatic rings. The number of ether oxygens (including phenoxy) is 1. The zero-order valence-corrected chi connectivity index (χ0v) is 31.3. The molecule has 4 amide bonds. The first kappa shape index (κ1) is 37.6. The van der Waals surface area contributed by atoms with Gasteiger partial charge in [-0.05, 0) is 114 Å². The van der Waals surface area contributed by atoms with Gasteiger partial charge in [-0.3, -0.25) is 29.4 Å². The molecule has 0 spiro atoms. The number of hydrogen-bond acceptors (Lipinski definition) is 7. The number of nitrogens with zero attached hydrogens (tertiary/aromatic N) is 2. The van der Waals surface area contributed by atoms with Crippen LogP contribution in [0.2, 0.25) is 0 Å². The highest BCUT2D eigenvalue weighted by molar-refractivity contribution is 6.05. The number of fused-ring (bicyclic) bond motifs is 1. The highest BCUT2D eigenvalue weighted by Gasteiger charge is 2.39. The molecule has 3 aliphatic heterocycles. The molecule has 0 bridgehead atoms. The summed E-state index contributed by atoms with van der Waals surface area (Å²) in [7, 11) is 0. The molecule has 3 heterocycles. The molecule has 1 unspecified atom stereocenters. The number of likely N-dealkylation sites (tertiary alicyclic amines) is 1. The molecule has 10 heteroatoms. The predicted molar refractivity (Wildman–Crippen MR) is 211 cm³/mol. The van der Waals surface area contributed by atoms with E-state index in [0.29, 0.717) is 44.0 Å². The second-order valence-corrected chi connectivity index (χ2v) is 14.7. The Bertz CT molecular complexity index is 2050. The summed E-state index contributed by atoms with van der Waals surface area (Å²) in [5, 5.41) is 15.3. The maximum absolute atomic E-state index is 13.0. The average Bonchev–Trinajstić information content (AvgIpc) is 3.52. The summed E-state index contributed by atoms with van der Waals surface area (Å²) in [6.07, 6.45) is 3.78. The van der Waals surface area contributed by atoms with E-state index in [0.717, 1.165) is 72.5 Å². The van der Waals surface area contributed by atoms with Crippen molar-refractivity contribution in [3.8, 4) is 11.5 Å². The summed E-state index contributed by atoms with van der Waals surface area (Å²) < 4.78 is 6.17. The fraction of sp³-hybridized carbons (Fsp3) is 0.333. The minimum Gasteiger partial charge on any atom is -0.508 e. The van der Waals surface area contributed by atoms with Gasteiger partial charge >= 0.3 is 0 Å². The van der Waals surface area contributed by atoms with Crippen LogP contribution in [-0.2, 0) is 27.5 Å². The van der Waals surface area contributed by atoms with E-state index >= 15 is 0 Å². The van der Waals surface area contributed by atoms with E-state index in [2.05, 4.69) is 58.9 Å².